The van der Waals surface area contributed by atoms with Crippen molar-refractivity contribution in [1.82, 2.24) is 4.98 Å². The average molecular weight is 402 g/mol. The molecule has 2 aromatic carbocycles. The van der Waals surface area contributed by atoms with E-state index in [0.29, 0.717) is 17.4 Å². The zero-order valence-electron chi connectivity index (χ0n) is 17.5. The van der Waals surface area contributed by atoms with Gasteiger partial charge < -0.3 is 9.47 Å². The lowest BCUT2D eigenvalue weighted by Crippen LogP contribution is -2.16. The molecular formula is C26H27NO3. The fourth-order valence-electron chi connectivity index (χ4n) is 4.25. The molecule has 3 aromatic rings. The first-order valence-corrected chi connectivity index (χ1v) is 10.5. The topological polar surface area (TPSA) is 48.4 Å². The molecule has 0 bridgehead atoms. The largest absolute Gasteiger partial charge is 0.493 e. The molecule has 0 spiro atoms. The van der Waals surface area contributed by atoms with Gasteiger partial charge in [0, 0.05) is 18.3 Å². The van der Waals surface area contributed by atoms with Crippen LogP contribution in [0.3, 0.4) is 0 Å². The van der Waals surface area contributed by atoms with Crippen LogP contribution in [0.15, 0.2) is 67.0 Å². The summed E-state index contributed by atoms with van der Waals surface area (Å²) in [4.78, 5) is 16.2. The van der Waals surface area contributed by atoms with E-state index in [2.05, 4.69) is 54.4 Å². The second kappa shape index (κ2) is 9.12. The maximum absolute atomic E-state index is 12.0. The number of hydrogen-bond donors (Lipinski definition) is 0. The Morgan fingerprint density at radius 3 is 2.80 bits per heavy atom. The number of rotatable bonds is 6. The molecule has 0 saturated heterocycles. The number of pyridine rings is 1. The predicted octanol–water partition coefficient (Wildman–Crippen LogP) is 5.52. The molecule has 1 aromatic heterocycles. The van der Waals surface area contributed by atoms with Crippen molar-refractivity contribution < 1.29 is 14.3 Å². The summed E-state index contributed by atoms with van der Waals surface area (Å²) in [5.74, 6) is 1.41. The third kappa shape index (κ3) is 4.23. The van der Waals surface area contributed by atoms with E-state index in [0.717, 1.165) is 37.2 Å². The van der Waals surface area contributed by atoms with Crippen molar-refractivity contribution in [3.8, 4) is 5.75 Å². The number of methoxy groups -OCH3 is 1. The number of esters is 1. The third-order valence-electron chi connectivity index (χ3n) is 6.07. The Morgan fingerprint density at radius 2 is 2.00 bits per heavy atom. The van der Waals surface area contributed by atoms with Gasteiger partial charge in [-0.2, -0.15) is 0 Å². The highest BCUT2D eigenvalue weighted by Crippen LogP contribution is 2.39. The molecule has 0 saturated carbocycles. The fourth-order valence-corrected chi connectivity index (χ4v) is 4.25. The van der Waals surface area contributed by atoms with E-state index in [-0.39, 0.29) is 5.97 Å². The number of carbonyl (C=O) groups is 1. The number of benzene rings is 2. The van der Waals surface area contributed by atoms with Crippen molar-refractivity contribution in [2.24, 2.45) is 0 Å². The third-order valence-corrected chi connectivity index (χ3v) is 6.07. The van der Waals surface area contributed by atoms with Crippen LogP contribution in [-0.2, 0) is 11.2 Å². The molecule has 0 amide bonds. The molecule has 1 unspecified atom stereocenters. The van der Waals surface area contributed by atoms with E-state index < -0.39 is 0 Å². The highest BCUT2D eigenvalue weighted by atomic mass is 16.5. The van der Waals surface area contributed by atoms with Crippen molar-refractivity contribution in [2.45, 2.75) is 38.0 Å². The van der Waals surface area contributed by atoms with Crippen molar-refractivity contribution in [2.75, 3.05) is 13.7 Å². The standard InChI is InChI=1S/C26H27NO3/c1-18(19-6-4-3-5-7-19)21-10-11-23-20(13-15-30-25(23)16-21)8-9-22-17-27-14-12-24(22)26(28)29-2/h3-7,10-12,14,16-18,20H,8-9,13,15H2,1-2H3/t18?,20-/m1/s1. The van der Waals surface area contributed by atoms with Gasteiger partial charge in [-0.25, -0.2) is 4.79 Å². The molecule has 4 heteroatoms. The Labute approximate surface area is 177 Å². The first-order chi connectivity index (χ1) is 14.7. The molecule has 1 aliphatic rings. The Morgan fingerprint density at radius 1 is 1.17 bits per heavy atom. The summed E-state index contributed by atoms with van der Waals surface area (Å²) in [6.07, 6.45) is 6.12. The van der Waals surface area contributed by atoms with Gasteiger partial charge in [-0.15, -0.1) is 0 Å². The van der Waals surface area contributed by atoms with Crippen LogP contribution >= 0.6 is 0 Å². The minimum atomic E-state index is -0.306. The summed E-state index contributed by atoms with van der Waals surface area (Å²) < 4.78 is 10.9. The minimum absolute atomic E-state index is 0.306. The van der Waals surface area contributed by atoms with Gasteiger partial charge >= 0.3 is 5.97 Å². The lowest BCUT2D eigenvalue weighted by Gasteiger charge is -2.27. The van der Waals surface area contributed by atoms with Gasteiger partial charge in [-0.1, -0.05) is 49.4 Å². The summed E-state index contributed by atoms with van der Waals surface area (Å²) in [7, 11) is 1.41. The highest BCUT2D eigenvalue weighted by Gasteiger charge is 2.23. The first-order valence-electron chi connectivity index (χ1n) is 10.5. The maximum Gasteiger partial charge on any atom is 0.338 e. The zero-order chi connectivity index (χ0) is 20.9. The quantitative estimate of drug-likeness (QED) is 0.510. The molecule has 4 rings (SSSR count). The van der Waals surface area contributed by atoms with E-state index in [1.165, 1.54) is 23.8 Å². The molecule has 0 fully saturated rings. The number of carbonyl (C=O) groups excluding carboxylic acids is 1. The summed E-state index contributed by atoms with van der Waals surface area (Å²) >= 11 is 0. The van der Waals surface area contributed by atoms with Gasteiger partial charge in [0.15, 0.2) is 0 Å². The van der Waals surface area contributed by atoms with Crippen LogP contribution in [-0.4, -0.2) is 24.7 Å². The Bertz CT molecular complexity index is 1020. The van der Waals surface area contributed by atoms with Crippen LogP contribution in [0.1, 0.15) is 64.2 Å². The van der Waals surface area contributed by atoms with Crippen molar-refractivity contribution in [1.29, 1.82) is 0 Å². The van der Waals surface area contributed by atoms with Gasteiger partial charge in [0.2, 0.25) is 0 Å². The molecular weight excluding hydrogens is 374 g/mol. The predicted molar refractivity (Wildman–Crippen MR) is 117 cm³/mol. The number of hydrogen-bond acceptors (Lipinski definition) is 4. The SMILES string of the molecule is COC(=O)c1ccncc1CC[C@@H]1CCOc2cc(C(C)c3ccccc3)ccc21. The monoisotopic (exact) mass is 401 g/mol. The molecule has 30 heavy (non-hydrogen) atoms. The van der Waals surface area contributed by atoms with Crippen LogP contribution in [0.4, 0.5) is 0 Å². The molecule has 2 heterocycles. The van der Waals surface area contributed by atoms with Crippen LogP contribution in [0.5, 0.6) is 5.75 Å². The second-order valence-electron chi connectivity index (χ2n) is 7.83. The second-order valence-corrected chi connectivity index (χ2v) is 7.83. The first kappa shape index (κ1) is 20.1. The molecule has 0 radical (unpaired) electrons. The maximum atomic E-state index is 12.0. The van der Waals surface area contributed by atoms with Crippen molar-refractivity contribution in [3.63, 3.8) is 0 Å². The highest BCUT2D eigenvalue weighted by molar-refractivity contribution is 5.90. The molecule has 0 N–H and O–H groups in total. The number of nitrogens with zero attached hydrogens (tertiary/aromatic N) is 1. The van der Waals surface area contributed by atoms with E-state index in [9.17, 15) is 4.79 Å². The van der Waals surface area contributed by atoms with Crippen LogP contribution in [0, 0.1) is 0 Å². The molecule has 4 nitrogen and oxygen atoms in total. The smallest absolute Gasteiger partial charge is 0.338 e. The zero-order valence-corrected chi connectivity index (χ0v) is 17.5. The number of ether oxygens (including phenoxy) is 2. The van der Waals surface area contributed by atoms with Crippen molar-refractivity contribution in [3.05, 3.63) is 94.8 Å². The van der Waals surface area contributed by atoms with Gasteiger partial charge in [0.1, 0.15) is 5.75 Å². The number of aromatic nitrogens is 1. The summed E-state index contributed by atoms with van der Waals surface area (Å²) in [5.41, 5.74) is 5.37. The van der Waals surface area contributed by atoms with E-state index in [1.807, 2.05) is 6.07 Å². The molecule has 1 aliphatic heterocycles. The lowest BCUT2D eigenvalue weighted by atomic mass is 9.85. The van der Waals surface area contributed by atoms with Gasteiger partial charge in [0.05, 0.1) is 19.3 Å². The molecule has 2 atom stereocenters. The Hall–Kier alpha value is -3.14. The lowest BCUT2D eigenvalue weighted by molar-refractivity contribution is 0.0599. The molecule has 0 aliphatic carbocycles. The average Bonchev–Trinajstić information content (AvgIpc) is 2.82. The van der Waals surface area contributed by atoms with E-state index >= 15 is 0 Å². The Balaban J connectivity index is 1.52. The van der Waals surface area contributed by atoms with Gasteiger partial charge in [0.25, 0.3) is 0 Å². The van der Waals surface area contributed by atoms with Crippen molar-refractivity contribution >= 4 is 5.97 Å². The Kier molecular flexibility index (Phi) is 6.12. The van der Waals surface area contributed by atoms with Gasteiger partial charge in [-0.3, -0.25) is 4.98 Å². The summed E-state index contributed by atoms with van der Waals surface area (Å²) in [5, 5.41) is 0. The van der Waals surface area contributed by atoms with Gasteiger partial charge in [-0.05, 0) is 59.6 Å². The van der Waals surface area contributed by atoms with Crippen LogP contribution in [0.25, 0.3) is 0 Å². The number of fused-ring (bicyclic) bond motifs is 1. The van der Waals surface area contributed by atoms with E-state index in [1.54, 1.807) is 18.5 Å². The minimum Gasteiger partial charge on any atom is -0.493 e. The van der Waals surface area contributed by atoms with E-state index in [4.69, 9.17) is 9.47 Å². The molecule has 154 valence electrons. The fraction of sp³-hybridized carbons (Fsp3) is 0.308. The number of aryl methyl sites for hydroxylation is 1. The van der Waals surface area contributed by atoms with Crippen LogP contribution < -0.4 is 4.74 Å². The summed E-state index contributed by atoms with van der Waals surface area (Å²) in [6.45, 7) is 2.95. The van der Waals surface area contributed by atoms with Crippen LogP contribution in [0.2, 0.25) is 0 Å². The normalized spacial score (nSPS) is 16.3. The summed E-state index contributed by atoms with van der Waals surface area (Å²) in [6, 6.07) is 18.9.